The van der Waals surface area contributed by atoms with Crippen LogP contribution in [0, 0.1) is 0 Å². The lowest BCUT2D eigenvalue weighted by Crippen LogP contribution is -2.34. The highest BCUT2D eigenvalue weighted by molar-refractivity contribution is 5.76. The summed E-state index contributed by atoms with van der Waals surface area (Å²) in [7, 11) is 0. The van der Waals surface area contributed by atoms with E-state index in [9.17, 15) is 9.90 Å². The van der Waals surface area contributed by atoms with E-state index in [4.69, 9.17) is 24.4 Å². The van der Waals surface area contributed by atoms with Crippen molar-refractivity contribution in [1.82, 2.24) is 9.88 Å². The van der Waals surface area contributed by atoms with E-state index in [0.29, 0.717) is 32.3 Å². The van der Waals surface area contributed by atoms with E-state index in [-0.39, 0.29) is 12.6 Å². The van der Waals surface area contributed by atoms with E-state index in [0.717, 1.165) is 49.9 Å². The largest absolute Gasteiger partial charge is 0.483 e. The first-order valence-electron chi connectivity index (χ1n) is 12.9. The molecule has 2 aliphatic carbocycles. The van der Waals surface area contributed by atoms with E-state index >= 15 is 0 Å². The van der Waals surface area contributed by atoms with Crippen LogP contribution in [0.4, 0.5) is 0 Å². The number of ether oxygens (including phenoxy) is 2. The maximum absolute atomic E-state index is 12.2. The van der Waals surface area contributed by atoms with Gasteiger partial charge in [-0.3, -0.25) is 19.5 Å². The molecule has 1 aliphatic heterocycles. The van der Waals surface area contributed by atoms with Crippen molar-refractivity contribution in [2.75, 3.05) is 26.3 Å². The summed E-state index contributed by atoms with van der Waals surface area (Å²) in [6.07, 6.45) is 7.93. The highest BCUT2D eigenvalue weighted by Crippen LogP contribution is 2.44. The van der Waals surface area contributed by atoms with Crippen LogP contribution in [0.25, 0.3) is 0 Å². The van der Waals surface area contributed by atoms with Gasteiger partial charge in [-0.2, -0.15) is 0 Å². The molecule has 0 spiro atoms. The number of aliphatic carboxylic acids is 1. The molecule has 1 saturated carbocycles. The van der Waals surface area contributed by atoms with Crippen LogP contribution in [-0.2, 0) is 38.5 Å². The minimum Gasteiger partial charge on any atom is -0.483 e. The lowest BCUT2D eigenvalue weighted by atomic mass is 9.96. The van der Waals surface area contributed by atoms with Crippen LogP contribution in [0.2, 0.25) is 0 Å². The summed E-state index contributed by atoms with van der Waals surface area (Å²) in [5.41, 5.74) is 5.77. The molecule has 1 aromatic carbocycles. The number of fused-ring (bicyclic) bond motifs is 1. The SMILES string of the molecule is O=C(O)C(c1ccccc1C1CC1)N1CC[C@@H](OCCOCc2ccc3c(n2)CCCC3)C1.O=CO. The van der Waals surface area contributed by atoms with Crippen molar-refractivity contribution in [2.24, 2.45) is 0 Å². The number of aryl methyl sites for hydroxylation is 2. The van der Waals surface area contributed by atoms with Crippen molar-refractivity contribution in [3.63, 3.8) is 0 Å². The summed E-state index contributed by atoms with van der Waals surface area (Å²) in [5.74, 6) is -0.246. The standard InChI is InChI=1S/C27H34N2O4.CH2O2/c30-27(31)26(24-7-3-2-6-23(24)19-9-10-19)29-14-13-22(17-29)33-16-15-32-18-21-12-11-20-5-1-4-8-25(20)28-21;2-1-3/h2-3,6-7,11-12,19,22,26H,1,4-5,8-10,13-18H2,(H,30,31);1H,(H,2,3)/t22-,26?;/m1./s1. The molecule has 8 heteroatoms. The highest BCUT2D eigenvalue weighted by atomic mass is 16.5. The Labute approximate surface area is 212 Å². The second kappa shape index (κ2) is 12.9. The van der Waals surface area contributed by atoms with Gasteiger partial charge >= 0.3 is 5.97 Å². The van der Waals surface area contributed by atoms with Gasteiger partial charge < -0.3 is 19.7 Å². The molecule has 2 atom stereocenters. The minimum absolute atomic E-state index is 0.0467. The third kappa shape index (κ3) is 6.90. The number of hydrogen-bond donors (Lipinski definition) is 2. The van der Waals surface area contributed by atoms with Crippen LogP contribution in [0.5, 0.6) is 0 Å². The molecule has 0 bridgehead atoms. The average molecular weight is 497 g/mol. The third-order valence-electron chi connectivity index (χ3n) is 7.15. The fraction of sp³-hybridized carbons (Fsp3) is 0.536. The molecule has 1 saturated heterocycles. The van der Waals surface area contributed by atoms with Crippen molar-refractivity contribution in [3.8, 4) is 0 Å². The Kier molecular flexibility index (Phi) is 9.44. The molecule has 36 heavy (non-hydrogen) atoms. The summed E-state index contributed by atoms with van der Waals surface area (Å²) in [6, 6.07) is 11.7. The number of aromatic nitrogens is 1. The zero-order chi connectivity index (χ0) is 25.3. The monoisotopic (exact) mass is 496 g/mol. The molecule has 0 radical (unpaired) electrons. The van der Waals surface area contributed by atoms with Crippen LogP contribution in [0.3, 0.4) is 0 Å². The van der Waals surface area contributed by atoms with Gasteiger partial charge in [-0.05, 0) is 73.6 Å². The molecule has 2 fully saturated rings. The molecule has 2 heterocycles. The first-order chi connectivity index (χ1) is 17.6. The Hall–Kier alpha value is -2.81. The van der Waals surface area contributed by atoms with Gasteiger partial charge in [0.2, 0.25) is 0 Å². The van der Waals surface area contributed by atoms with E-state index in [2.05, 4.69) is 23.1 Å². The van der Waals surface area contributed by atoms with Crippen LogP contribution in [0.1, 0.15) is 72.1 Å². The normalized spacial score (nSPS) is 20.2. The van der Waals surface area contributed by atoms with E-state index < -0.39 is 12.0 Å². The van der Waals surface area contributed by atoms with Gasteiger partial charge in [-0.15, -0.1) is 0 Å². The molecular formula is C28H36N2O6. The number of carboxylic acid groups (broad SMARTS) is 2. The Morgan fingerprint density at radius 2 is 1.89 bits per heavy atom. The molecule has 0 amide bonds. The van der Waals surface area contributed by atoms with Crippen molar-refractivity contribution in [1.29, 1.82) is 0 Å². The van der Waals surface area contributed by atoms with Gasteiger partial charge in [-0.1, -0.05) is 30.3 Å². The number of rotatable bonds is 10. The minimum atomic E-state index is -0.773. The molecule has 2 aromatic rings. The lowest BCUT2D eigenvalue weighted by molar-refractivity contribution is -0.143. The number of likely N-dealkylation sites (tertiary alicyclic amines) is 1. The zero-order valence-corrected chi connectivity index (χ0v) is 20.7. The van der Waals surface area contributed by atoms with Gasteiger partial charge in [0, 0.05) is 18.8 Å². The summed E-state index contributed by atoms with van der Waals surface area (Å²) in [5, 5.41) is 16.9. The Morgan fingerprint density at radius 1 is 1.11 bits per heavy atom. The number of nitrogens with zero attached hydrogens (tertiary/aromatic N) is 2. The number of pyridine rings is 1. The van der Waals surface area contributed by atoms with Crippen molar-refractivity contribution in [2.45, 2.75) is 69.6 Å². The van der Waals surface area contributed by atoms with Crippen LogP contribution >= 0.6 is 0 Å². The molecule has 8 nitrogen and oxygen atoms in total. The van der Waals surface area contributed by atoms with Crippen LogP contribution < -0.4 is 0 Å². The highest BCUT2D eigenvalue weighted by Gasteiger charge is 2.37. The van der Waals surface area contributed by atoms with Gasteiger partial charge in [0.15, 0.2) is 0 Å². The van der Waals surface area contributed by atoms with Gasteiger partial charge in [0.25, 0.3) is 6.47 Å². The summed E-state index contributed by atoms with van der Waals surface area (Å²) < 4.78 is 11.8. The Morgan fingerprint density at radius 3 is 2.67 bits per heavy atom. The predicted octanol–water partition coefficient (Wildman–Crippen LogP) is 3.97. The van der Waals surface area contributed by atoms with Crippen molar-refractivity contribution >= 4 is 12.4 Å². The van der Waals surface area contributed by atoms with Crippen LogP contribution in [0.15, 0.2) is 36.4 Å². The molecular weight excluding hydrogens is 460 g/mol. The topological polar surface area (TPSA) is 109 Å². The zero-order valence-electron chi connectivity index (χ0n) is 20.7. The molecule has 1 aromatic heterocycles. The summed E-state index contributed by atoms with van der Waals surface area (Å²) in [6.45, 7) is 2.66. The first kappa shape index (κ1) is 26.3. The van der Waals surface area contributed by atoms with Crippen molar-refractivity contribution < 1.29 is 29.3 Å². The molecule has 2 N–H and O–H groups in total. The average Bonchev–Trinajstić information content (AvgIpc) is 3.63. The van der Waals surface area contributed by atoms with E-state index in [1.165, 1.54) is 29.7 Å². The Balaban J connectivity index is 0.000000967. The maximum atomic E-state index is 12.2. The smallest absolute Gasteiger partial charge is 0.325 e. The van der Waals surface area contributed by atoms with Crippen molar-refractivity contribution in [3.05, 3.63) is 64.5 Å². The number of hydrogen-bond acceptors (Lipinski definition) is 6. The third-order valence-corrected chi connectivity index (χ3v) is 7.15. The first-order valence-corrected chi connectivity index (χ1v) is 12.9. The summed E-state index contributed by atoms with van der Waals surface area (Å²) in [4.78, 5) is 27.4. The Bertz CT molecular complexity index is 1020. The van der Waals surface area contributed by atoms with Crippen LogP contribution in [-0.4, -0.2) is 64.9 Å². The van der Waals surface area contributed by atoms with E-state index in [1.807, 2.05) is 18.2 Å². The van der Waals surface area contributed by atoms with Gasteiger partial charge in [0.05, 0.1) is 31.6 Å². The molecule has 3 aliphatic rings. The molecule has 5 rings (SSSR count). The fourth-order valence-corrected chi connectivity index (χ4v) is 5.29. The number of carbonyl (C=O) groups is 2. The second-order valence-electron chi connectivity index (χ2n) is 9.69. The quantitative estimate of drug-likeness (QED) is 0.376. The molecule has 1 unspecified atom stereocenters. The number of benzene rings is 1. The molecule has 194 valence electrons. The lowest BCUT2D eigenvalue weighted by Gasteiger charge is -2.26. The fourth-order valence-electron chi connectivity index (χ4n) is 5.29. The predicted molar refractivity (Wildman–Crippen MR) is 134 cm³/mol. The van der Waals surface area contributed by atoms with Gasteiger partial charge in [0.1, 0.15) is 6.04 Å². The van der Waals surface area contributed by atoms with E-state index in [1.54, 1.807) is 0 Å². The maximum Gasteiger partial charge on any atom is 0.325 e. The number of carboxylic acids is 1. The second-order valence-corrected chi connectivity index (χ2v) is 9.69. The van der Waals surface area contributed by atoms with Gasteiger partial charge in [-0.25, -0.2) is 0 Å². The summed E-state index contributed by atoms with van der Waals surface area (Å²) >= 11 is 0.